The topological polar surface area (TPSA) is 76.0 Å². The lowest BCUT2D eigenvalue weighted by molar-refractivity contribution is -0.120. The molecule has 0 unspecified atom stereocenters. The molecule has 1 aromatic heterocycles. The van der Waals surface area contributed by atoms with Crippen LogP contribution in [0.5, 0.6) is 0 Å². The molecule has 2 N–H and O–H groups in total. The molecule has 0 saturated heterocycles. The van der Waals surface area contributed by atoms with Crippen LogP contribution in [-0.4, -0.2) is 34.7 Å². The van der Waals surface area contributed by atoms with E-state index in [0.29, 0.717) is 12.1 Å². The fourth-order valence-corrected chi connectivity index (χ4v) is 3.18. The lowest BCUT2D eigenvalue weighted by Crippen LogP contribution is -2.37. The first kappa shape index (κ1) is 19.1. The Morgan fingerprint density at radius 3 is 2.48 bits per heavy atom. The van der Waals surface area contributed by atoms with Gasteiger partial charge >= 0.3 is 0 Å². The quantitative estimate of drug-likeness (QED) is 0.517. The Balaban J connectivity index is 1.40. The molecule has 0 spiro atoms. The van der Waals surface area contributed by atoms with Crippen molar-refractivity contribution in [1.82, 2.24) is 20.4 Å². The number of benzene rings is 2. The summed E-state index contributed by atoms with van der Waals surface area (Å²) < 4.78 is 2.65. The van der Waals surface area contributed by atoms with Crippen molar-refractivity contribution in [1.29, 1.82) is 0 Å². The van der Waals surface area contributed by atoms with Crippen molar-refractivity contribution in [2.45, 2.75) is 6.42 Å². The summed E-state index contributed by atoms with van der Waals surface area (Å²) in [7, 11) is 0. The number of aromatic nitrogens is 2. The van der Waals surface area contributed by atoms with Crippen LogP contribution in [0, 0.1) is 3.57 Å². The fraction of sp³-hybridized carbons (Fsp3) is 0.150. The van der Waals surface area contributed by atoms with E-state index in [1.54, 1.807) is 23.0 Å². The van der Waals surface area contributed by atoms with Gasteiger partial charge in [0, 0.05) is 22.5 Å². The summed E-state index contributed by atoms with van der Waals surface area (Å²) in [5.41, 5.74) is 2.68. The minimum atomic E-state index is -0.246. The second kappa shape index (κ2) is 9.31. The van der Waals surface area contributed by atoms with Crippen molar-refractivity contribution >= 4 is 34.4 Å². The number of halogens is 1. The number of carbonyl (C=O) groups excluding carboxylic acids is 2. The van der Waals surface area contributed by atoms with Gasteiger partial charge in [-0.1, -0.05) is 24.3 Å². The molecule has 0 radical (unpaired) electrons. The average molecular weight is 474 g/mol. The third-order valence-electron chi connectivity index (χ3n) is 3.97. The van der Waals surface area contributed by atoms with Crippen molar-refractivity contribution in [3.8, 4) is 5.69 Å². The van der Waals surface area contributed by atoms with Crippen LogP contribution in [-0.2, 0) is 11.2 Å². The predicted molar refractivity (Wildman–Crippen MR) is 112 cm³/mol. The van der Waals surface area contributed by atoms with Crippen LogP contribution in [0.15, 0.2) is 67.0 Å². The molecule has 3 aromatic rings. The molecule has 27 heavy (non-hydrogen) atoms. The Morgan fingerprint density at radius 2 is 1.78 bits per heavy atom. The highest BCUT2D eigenvalue weighted by molar-refractivity contribution is 14.1. The highest BCUT2D eigenvalue weighted by Gasteiger charge is 2.10. The van der Waals surface area contributed by atoms with Gasteiger partial charge < -0.3 is 10.6 Å². The smallest absolute Gasteiger partial charge is 0.252 e. The van der Waals surface area contributed by atoms with Crippen molar-refractivity contribution in [3.63, 3.8) is 0 Å². The first-order chi connectivity index (χ1) is 13.1. The summed E-state index contributed by atoms with van der Waals surface area (Å²) in [6.45, 7) is 0.473. The van der Waals surface area contributed by atoms with Gasteiger partial charge in [0.25, 0.3) is 5.91 Å². The molecule has 0 fully saturated rings. The van der Waals surface area contributed by atoms with Gasteiger partial charge in [0.05, 0.1) is 17.8 Å². The standard InChI is InChI=1S/C20H19IN4O2/c21-18-5-2-1-4-17(18)20(27)23-14-19(26)22-12-10-15-6-8-16(9-7-15)25-13-3-11-24-25/h1-9,11,13H,10,12,14H2,(H,22,26)(H,23,27). The molecule has 0 aliphatic rings. The predicted octanol–water partition coefficient (Wildman–Crippen LogP) is 2.57. The third kappa shape index (κ3) is 5.40. The number of hydrogen-bond donors (Lipinski definition) is 2. The molecular formula is C20H19IN4O2. The zero-order chi connectivity index (χ0) is 19.1. The van der Waals surface area contributed by atoms with Crippen LogP contribution in [0.2, 0.25) is 0 Å². The minimum absolute atomic E-state index is 0.0396. The van der Waals surface area contributed by atoms with Gasteiger partial charge in [0.2, 0.25) is 5.91 Å². The summed E-state index contributed by atoms with van der Waals surface area (Å²) in [6.07, 6.45) is 4.34. The minimum Gasteiger partial charge on any atom is -0.354 e. The maximum atomic E-state index is 12.1. The first-order valence-electron chi connectivity index (χ1n) is 8.52. The molecule has 2 amide bonds. The zero-order valence-corrected chi connectivity index (χ0v) is 16.7. The van der Waals surface area contributed by atoms with Gasteiger partial charge in [-0.15, -0.1) is 0 Å². The maximum absolute atomic E-state index is 12.1. The summed E-state index contributed by atoms with van der Waals surface area (Å²) in [5, 5.41) is 9.66. The van der Waals surface area contributed by atoms with Gasteiger partial charge in [-0.3, -0.25) is 9.59 Å². The van der Waals surface area contributed by atoms with Gasteiger partial charge in [-0.05, 0) is 64.9 Å². The molecule has 138 valence electrons. The summed E-state index contributed by atoms with van der Waals surface area (Å²) >= 11 is 2.10. The van der Waals surface area contributed by atoms with E-state index in [1.807, 2.05) is 48.7 Å². The normalized spacial score (nSPS) is 10.4. The summed E-state index contributed by atoms with van der Waals surface area (Å²) in [6, 6.07) is 17.2. The number of nitrogens with zero attached hydrogens (tertiary/aromatic N) is 2. The molecule has 0 atom stereocenters. The molecule has 1 heterocycles. The van der Waals surface area contributed by atoms with Gasteiger partial charge in [0.1, 0.15) is 0 Å². The zero-order valence-electron chi connectivity index (χ0n) is 14.6. The summed E-state index contributed by atoms with van der Waals surface area (Å²) in [5.74, 6) is -0.452. The molecule has 0 saturated carbocycles. The Hall–Kier alpha value is -2.68. The first-order valence-corrected chi connectivity index (χ1v) is 9.60. The lowest BCUT2D eigenvalue weighted by Gasteiger charge is -2.08. The van der Waals surface area contributed by atoms with Gasteiger partial charge in [-0.2, -0.15) is 5.10 Å². The average Bonchev–Trinajstić information content (AvgIpc) is 3.22. The van der Waals surface area contributed by atoms with Crippen LogP contribution >= 0.6 is 22.6 Å². The number of amides is 2. The molecule has 0 aliphatic heterocycles. The maximum Gasteiger partial charge on any atom is 0.252 e. The van der Waals surface area contributed by atoms with E-state index in [0.717, 1.165) is 21.2 Å². The molecular weight excluding hydrogens is 455 g/mol. The Kier molecular flexibility index (Phi) is 6.59. The second-order valence-corrected chi connectivity index (χ2v) is 7.04. The van der Waals surface area contributed by atoms with Crippen LogP contribution < -0.4 is 10.6 Å². The number of carbonyl (C=O) groups is 2. The lowest BCUT2D eigenvalue weighted by atomic mass is 10.1. The van der Waals surface area contributed by atoms with E-state index in [9.17, 15) is 9.59 Å². The highest BCUT2D eigenvalue weighted by atomic mass is 127. The molecule has 0 bridgehead atoms. The van der Waals surface area contributed by atoms with Crippen LogP contribution in [0.3, 0.4) is 0 Å². The molecule has 6 nitrogen and oxygen atoms in total. The van der Waals surface area contributed by atoms with E-state index >= 15 is 0 Å². The highest BCUT2D eigenvalue weighted by Crippen LogP contribution is 2.11. The fourth-order valence-electron chi connectivity index (χ4n) is 2.55. The molecule has 7 heteroatoms. The Bertz CT molecular complexity index is 908. The SMILES string of the molecule is O=C(CNC(=O)c1ccccc1I)NCCc1ccc(-n2cccn2)cc1. The van der Waals surface area contributed by atoms with Gasteiger partial charge in [0.15, 0.2) is 0 Å². The third-order valence-corrected chi connectivity index (χ3v) is 4.91. The van der Waals surface area contributed by atoms with Crippen LogP contribution in [0.4, 0.5) is 0 Å². The van der Waals surface area contributed by atoms with E-state index in [1.165, 1.54) is 0 Å². The molecule has 2 aromatic carbocycles. The summed E-state index contributed by atoms with van der Waals surface area (Å²) in [4.78, 5) is 24.0. The Labute approximate surface area is 171 Å². The van der Waals surface area contributed by atoms with E-state index in [4.69, 9.17) is 0 Å². The monoisotopic (exact) mass is 474 g/mol. The van der Waals surface area contributed by atoms with Crippen LogP contribution in [0.25, 0.3) is 5.69 Å². The van der Waals surface area contributed by atoms with Crippen molar-refractivity contribution in [2.24, 2.45) is 0 Å². The van der Waals surface area contributed by atoms with Crippen molar-refractivity contribution in [2.75, 3.05) is 13.1 Å². The number of hydrogen-bond acceptors (Lipinski definition) is 3. The van der Waals surface area contributed by atoms with E-state index in [-0.39, 0.29) is 18.4 Å². The number of rotatable bonds is 7. The van der Waals surface area contributed by atoms with Crippen molar-refractivity contribution in [3.05, 3.63) is 81.7 Å². The van der Waals surface area contributed by atoms with Crippen LogP contribution in [0.1, 0.15) is 15.9 Å². The van der Waals surface area contributed by atoms with E-state index < -0.39 is 0 Å². The largest absolute Gasteiger partial charge is 0.354 e. The number of nitrogens with one attached hydrogen (secondary N) is 2. The van der Waals surface area contributed by atoms with Gasteiger partial charge in [-0.25, -0.2) is 4.68 Å². The van der Waals surface area contributed by atoms with Crippen molar-refractivity contribution < 1.29 is 9.59 Å². The molecule has 3 rings (SSSR count). The molecule has 0 aliphatic carbocycles. The second-order valence-electron chi connectivity index (χ2n) is 5.88. The van der Waals surface area contributed by atoms with E-state index in [2.05, 4.69) is 38.3 Å². The Morgan fingerprint density at radius 1 is 1.00 bits per heavy atom.